The maximum atomic E-state index is 12.2. The van der Waals surface area contributed by atoms with E-state index in [1.807, 2.05) is 30.3 Å². The first-order valence-electron chi connectivity index (χ1n) is 9.33. The second-order valence-electron chi connectivity index (χ2n) is 6.85. The van der Waals surface area contributed by atoms with Gasteiger partial charge in [0, 0.05) is 23.0 Å². The lowest BCUT2D eigenvalue weighted by Crippen LogP contribution is -2.30. The third-order valence-electron chi connectivity index (χ3n) is 3.89. The Bertz CT molecular complexity index is 1080. The number of nitrogens with zero attached hydrogens (tertiary/aromatic N) is 1. The molecule has 0 radical (unpaired) electrons. The number of amides is 1. The van der Waals surface area contributed by atoms with E-state index in [1.54, 1.807) is 32.2 Å². The van der Waals surface area contributed by atoms with Crippen LogP contribution in [0.25, 0.3) is 11.5 Å². The molecule has 0 saturated heterocycles. The van der Waals surface area contributed by atoms with Crippen molar-refractivity contribution in [3.05, 3.63) is 66.6 Å². The van der Waals surface area contributed by atoms with Crippen LogP contribution < -0.4 is 10.0 Å². The number of oxazole rings is 1. The van der Waals surface area contributed by atoms with Crippen LogP contribution in [0, 0.1) is 0 Å². The smallest absolute Gasteiger partial charge is 0.240 e. The fraction of sp³-hybridized carbons (Fsp3) is 0.238. The summed E-state index contributed by atoms with van der Waals surface area (Å²) < 4.78 is 32.3. The number of anilines is 1. The molecule has 2 aromatic carbocycles. The minimum atomic E-state index is -3.55. The van der Waals surface area contributed by atoms with Crippen LogP contribution in [-0.4, -0.2) is 31.1 Å². The standard InChI is InChI=1S/C21H23N3O4S2/c1-15(2)24-30(26,27)19-10-8-17(9-11-19)22-20(25)14-29-13-18-12-28-21(23-18)16-6-4-3-5-7-16/h3-12,15,24H,13-14H2,1-2H3,(H,22,25). The number of carbonyl (C=O) groups is 1. The number of carbonyl (C=O) groups excluding carboxylic acids is 1. The highest BCUT2D eigenvalue weighted by atomic mass is 32.2. The first-order valence-corrected chi connectivity index (χ1v) is 12.0. The van der Waals surface area contributed by atoms with E-state index in [2.05, 4.69) is 15.0 Å². The van der Waals surface area contributed by atoms with E-state index in [4.69, 9.17) is 4.42 Å². The van der Waals surface area contributed by atoms with Crippen LogP contribution in [0.1, 0.15) is 19.5 Å². The van der Waals surface area contributed by atoms with E-state index in [-0.39, 0.29) is 22.6 Å². The van der Waals surface area contributed by atoms with Crippen molar-refractivity contribution in [1.29, 1.82) is 0 Å². The van der Waals surface area contributed by atoms with Crippen molar-refractivity contribution < 1.29 is 17.6 Å². The van der Waals surface area contributed by atoms with Gasteiger partial charge in [-0.25, -0.2) is 18.1 Å². The average molecular weight is 446 g/mol. The Balaban J connectivity index is 1.48. The number of sulfonamides is 1. The number of benzene rings is 2. The molecule has 0 spiro atoms. The topological polar surface area (TPSA) is 101 Å². The Morgan fingerprint density at radius 2 is 1.80 bits per heavy atom. The highest BCUT2D eigenvalue weighted by Gasteiger charge is 2.15. The van der Waals surface area contributed by atoms with Gasteiger partial charge < -0.3 is 9.73 Å². The van der Waals surface area contributed by atoms with Crippen molar-refractivity contribution in [2.75, 3.05) is 11.1 Å². The van der Waals surface area contributed by atoms with Gasteiger partial charge in [0.2, 0.25) is 21.8 Å². The molecule has 0 bridgehead atoms. The minimum absolute atomic E-state index is 0.156. The number of rotatable bonds is 9. The molecular weight excluding hydrogens is 422 g/mol. The van der Waals surface area contributed by atoms with Crippen molar-refractivity contribution in [1.82, 2.24) is 9.71 Å². The normalized spacial score (nSPS) is 11.6. The van der Waals surface area contributed by atoms with Crippen LogP contribution >= 0.6 is 11.8 Å². The van der Waals surface area contributed by atoms with Gasteiger partial charge in [-0.2, -0.15) is 0 Å². The summed E-state index contributed by atoms with van der Waals surface area (Å²) in [6.45, 7) is 3.51. The van der Waals surface area contributed by atoms with E-state index in [0.29, 0.717) is 17.3 Å². The second-order valence-corrected chi connectivity index (χ2v) is 9.55. The molecule has 1 amide bonds. The van der Waals surface area contributed by atoms with E-state index < -0.39 is 10.0 Å². The Hall–Kier alpha value is -2.62. The maximum absolute atomic E-state index is 12.2. The van der Waals surface area contributed by atoms with Gasteiger partial charge in [-0.05, 0) is 50.2 Å². The lowest BCUT2D eigenvalue weighted by Gasteiger charge is -2.10. The quantitative estimate of drug-likeness (QED) is 0.518. The molecule has 3 rings (SSSR count). The Morgan fingerprint density at radius 3 is 2.47 bits per heavy atom. The number of aromatic nitrogens is 1. The second kappa shape index (κ2) is 9.92. The molecule has 30 heavy (non-hydrogen) atoms. The zero-order valence-corrected chi connectivity index (χ0v) is 18.3. The van der Waals surface area contributed by atoms with Gasteiger partial charge in [0.1, 0.15) is 6.26 Å². The molecule has 3 aromatic rings. The molecule has 0 saturated carbocycles. The Kier molecular flexibility index (Phi) is 7.30. The summed E-state index contributed by atoms with van der Waals surface area (Å²) in [6.07, 6.45) is 1.59. The third-order valence-corrected chi connectivity index (χ3v) is 6.54. The zero-order chi connectivity index (χ0) is 21.6. The van der Waals surface area contributed by atoms with Gasteiger partial charge in [-0.15, -0.1) is 11.8 Å². The summed E-state index contributed by atoms with van der Waals surface area (Å²) in [5, 5.41) is 2.76. The van der Waals surface area contributed by atoms with Gasteiger partial charge in [0.25, 0.3) is 0 Å². The molecular formula is C21H23N3O4S2. The lowest BCUT2D eigenvalue weighted by molar-refractivity contribution is -0.113. The Labute approximate surface area is 180 Å². The lowest BCUT2D eigenvalue weighted by atomic mass is 10.2. The van der Waals surface area contributed by atoms with E-state index in [0.717, 1.165) is 11.3 Å². The summed E-state index contributed by atoms with van der Waals surface area (Å²) in [5.74, 6) is 1.16. The molecule has 0 aliphatic carbocycles. The van der Waals surface area contributed by atoms with Gasteiger partial charge in [-0.1, -0.05) is 18.2 Å². The summed E-state index contributed by atoms with van der Waals surface area (Å²) >= 11 is 1.42. The predicted molar refractivity (Wildman–Crippen MR) is 119 cm³/mol. The van der Waals surface area contributed by atoms with Crippen molar-refractivity contribution >= 4 is 33.4 Å². The monoisotopic (exact) mass is 445 g/mol. The van der Waals surface area contributed by atoms with Gasteiger partial charge in [0.05, 0.1) is 16.3 Å². The van der Waals surface area contributed by atoms with Crippen molar-refractivity contribution in [2.45, 2.75) is 30.5 Å². The SMILES string of the molecule is CC(C)NS(=O)(=O)c1ccc(NC(=O)CSCc2coc(-c3ccccc3)n2)cc1. The van der Waals surface area contributed by atoms with Crippen molar-refractivity contribution in [3.63, 3.8) is 0 Å². The number of nitrogens with one attached hydrogen (secondary N) is 2. The number of hydrogen-bond acceptors (Lipinski definition) is 6. The minimum Gasteiger partial charge on any atom is -0.444 e. The molecule has 9 heteroatoms. The van der Waals surface area contributed by atoms with E-state index in [1.165, 1.54) is 23.9 Å². The van der Waals surface area contributed by atoms with Crippen LogP contribution in [-0.2, 0) is 20.6 Å². The largest absolute Gasteiger partial charge is 0.444 e. The fourth-order valence-corrected chi connectivity index (χ4v) is 4.58. The molecule has 0 unspecified atom stereocenters. The molecule has 0 aliphatic rings. The van der Waals surface area contributed by atoms with Crippen LogP contribution in [0.15, 0.2) is 70.2 Å². The molecule has 0 fully saturated rings. The Morgan fingerprint density at radius 1 is 1.10 bits per heavy atom. The molecule has 2 N–H and O–H groups in total. The highest BCUT2D eigenvalue weighted by Crippen LogP contribution is 2.21. The molecule has 1 aromatic heterocycles. The summed E-state index contributed by atoms with van der Waals surface area (Å²) in [5.41, 5.74) is 2.20. The zero-order valence-electron chi connectivity index (χ0n) is 16.7. The van der Waals surface area contributed by atoms with E-state index >= 15 is 0 Å². The third kappa shape index (κ3) is 6.19. The molecule has 0 aliphatic heterocycles. The number of thioether (sulfide) groups is 1. The summed E-state index contributed by atoms with van der Waals surface area (Å²) in [6, 6.07) is 15.5. The van der Waals surface area contributed by atoms with E-state index in [9.17, 15) is 13.2 Å². The summed E-state index contributed by atoms with van der Waals surface area (Å²) in [7, 11) is -3.55. The maximum Gasteiger partial charge on any atom is 0.240 e. The molecule has 0 atom stereocenters. The predicted octanol–water partition coefficient (Wildman–Crippen LogP) is 3.90. The van der Waals surface area contributed by atoms with Gasteiger partial charge in [0.15, 0.2) is 0 Å². The average Bonchev–Trinajstić information content (AvgIpc) is 3.17. The first-order chi connectivity index (χ1) is 14.3. The van der Waals surface area contributed by atoms with Crippen LogP contribution in [0.2, 0.25) is 0 Å². The van der Waals surface area contributed by atoms with Crippen LogP contribution in [0.4, 0.5) is 5.69 Å². The van der Waals surface area contributed by atoms with Crippen molar-refractivity contribution in [3.8, 4) is 11.5 Å². The summed E-state index contributed by atoms with van der Waals surface area (Å²) in [4.78, 5) is 16.7. The van der Waals surface area contributed by atoms with Gasteiger partial charge in [-0.3, -0.25) is 4.79 Å². The molecule has 1 heterocycles. The van der Waals surface area contributed by atoms with Crippen molar-refractivity contribution in [2.24, 2.45) is 0 Å². The highest BCUT2D eigenvalue weighted by molar-refractivity contribution is 7.99. The molecule has 7 nitrogen and oxygen atoms in total. The van der Waals surface area contributed by atoms with Gasteiger partial charge >= 0.3 is 0 Å². The molecule has 158 valence electrons. The van der Waals surface area contributed by atoms with Crippen LogP contribution in [0.3, 0.4) is 0 Å². The fourth-order valence-electron chi connectivity index (χ4n) is 2.63. The van der Waals surface area contributed by atoms with Crippen LogP contribution in [0.5, 0.6) is 0 Å². The first kappa shape index (κ1) is 22.1. The number of hydrogen-bond donors (Lipinski definition) is 2.